The predicted molar refractivity (Wildman–Crippen MR) is 121 cm³/mol. The number of nitrogens with zero attached hydrogens (tertiary/aromatic N) is 2. The number of anilines is 2. The van der Waals surface area contributed by atoms with E-state index in [-0.39, 0.29) is 18.0 Å². The first-order chi connectivity index (χ1) is 14.8. The van der Waals surface area contributed by atoms with Crippen molar-refractivity contribution in [3.05, 3.63) is 66.2 Å². The first-order valence-corrected chi connectivity index (χ1v) is 10.4. The summed E-state index contributed by atoms with van der Waals surface area (Å²) < 4.78 is 0. The van der Waals surface area contributed by atoms with Crippen LogP contribution in [0.5, 0.6) is 0 Å². The van der Waals surface area contributed by atoms with Gasteiger partial charge in [-0.25, -0.2) is 14.5 Å². The van der Waals surface area contributed by atoms with Gasteiger partial charge in [0.25, 0.3) is 5.91 Å². The van der Waals surface area contributed by atoms with Crippen LogP contribution in [0, 0.1) is 0 Å². The number of hydrogen-bond donors (Lipinski definition) is 2. The fourth-order valence-corrected chi connectivity index (χ4v) is 3.93. The second kappa shape index (κ2) is 8.26. The standard InChI is InChI=1S/C24H26N4O3/c1-24(2)21(29)28(23(31)26-24)20-11-6-10-18(16-20)25-22(30)27-15-7-12-19(27)14-13-17-8-4-3-5-9-17/h3-6,8-11,13-14,16,19H,7,12,15H2,1-2H3,(H,25,30)(H,26,31)/b14-13+. The lowest BCUT2D eigenvalue weighted by Crippen LogP contribution is -2.40. The minimum Gasteiger partial charge on any atom is -0.323 e. The van der Waals surface area contributed by atoms with Gasteiger partial charge in [0, 0.05) is 12.2 Å². The Balaban J connectivity index is 1.46. The summed E-state index contributed by atoms with van der Waals surface area (Å²) in [6, 6.07) is 16.1. The second-order valence-electron chi connectivity index (χ2n) is 8.35. The van der Waals surface area contributed by atoms with Crippen molar-refractivity contribution in [2.45, 2.75) is 38.3 Å². The van der Waals surface area contributed by atoms with E-state index in [1.807, 2.05) is 41.3 Å². The van der Waals surface area contributed by atoms with E-state index in [4.69, 9.17) is 0 Å². The van der Waals surface area contributed by atoms with E-state index in [1.165, 1.54) is 0 Å². The molecule has 2 heterocycles. The first kappa shape index (κ1) is 20.7. The number of likely N-dealkylation sites (tertiary alicyclic amines) is 1. The van der Waals surface area contributed by atoms with Crippen LogP contribution in [-0.2, 0) is 4.79 Å². The monoisotopic (exact) mass is 418 g/mol. The van der Waals surface area contributed by atoms with Gasteiger partial charge in [0.1, 0.15) is 5.54 Å². The Kier molecular flexibility index (Phi) is 5.50. The smallest absolute Gasteiger partial charge is 0.323 e. The molecule has 0 saturated carbocycles. The van der Waals surface area contributed by atoms with Crippen LogP contribution in [0.2, 0.25) is 0 Å². The SMILES string of the molecule is CC1(C)NC(=O)N(c2cccc(NC(=O)N3CCCC3/C=C/c3ccccc3)c2)C1=O. The third-order valence-corrected chi connectivity index (χ3v) is 5.59. The molecule has 2 saturated heterocycles. The number of benzene rings is 2. The third kappa shape index (κ3) is 4.30. The van der Waals surface area contributed by atoms with Crippen molar-refractivity contribution in [3.8, 4) is 0 Å². The highest BCUT2D eigenvalue weighted by Crippen LogP contribution is 2.27. The highest BCUT2D eigenvalue weighted by molar-refractivity contribution is 6.23. The van der Waals surface area contributed by atoms with Crippen molar-refractivity contribution < 1.29 is 14.4 Å². The van der Waals surface area contributed by atoms with Gasteiger partial charge >= 0.3 is 12.1 Å². The van der Waals surface area contributed by atoms with Crippen LogP contribution < -0.4 is 15.5 Å². The normalized spacial score (nSPS) is 20.4. The molecule has 0 spiro atoms. The molecule has 31 heavy (non-hydrogen) atoms. The van der Waals surface area contributed by atoms with Crippen LogP contribution in [0.1, 0.15) is 32.3 Å². The summed E-state index contributed by atoms with van der Waals surface area (Å²) in [6.07, 6.45) is 5.95. The Bertz CT molecular complexity index is 1030. The van der Waals surface area contributed by atoms with Gasteiger partial charge in [0.05, 0.1) is 11.7 Å². The highest BCUT2D eigenvalue weighted by atomic mass is 16.2. The molecule has 2 N–H and O–H groups in total. The molecule has 1 unspecified atom stereocenters. The zero-order chi connectivity index (χ0) is 22.0. The second-order valence-corrected chi connectivity index (χ2v) is 8.35. The number of carbonyl (C=O) groups excluding carboxylic acids is 3. The Labute approximate surface area is 181 Å². The summed E-state index contributed by atoms with van der Waals surface area (Å²) >= 11 is 0. The number of urea groups is 2. The van der Waals surface area contributed by atoms with Crippen molar-refractivity contribution in [2.75, 3.05) is 16.8 Å². The van der Waals surface area contributed by atoms with E-state index in [1.54, 1.807) is 38.1 Å². The molecule has 160 valence electrons. The average molecular weight is 418 g/mol. The Morgan fingerprint density at radius 1 is 1.13 bits per heavy atom. The molecule has 2 aromatic rings. The lowest BCUT2D eigenvalue weighted by Gasteiger charge is -2.23. The van der Waals surface area contributed by atoms with Crippen LogP contribution in [0.4, 0.5) is 21.0 Å². The van der Waals surface area contributed by atoms with Gasteiger partial charge in [-0.05, 0) is 50.5 Å². The molecule has 2 aliphatic rings. The number of amides is 5. The molecule has 7 heteroatoms. The van der Waals surface area contributed by atoms with Crippen LogP contribution >= 0.6 is 0 Å². The summed E-state index contributed by atoms with van der Waals surface area (Å²) in [6.45, 7) is 4.00. The summed E-state index contributed by atoms with van der Waals surface area (Å²) in [7, 11) is 0. The molecule has 0 aliphatic carbocycles. The van der Waals surface area contributed by atoms with Crippen molar-refractivity contribution in [2.24, 2.45) is 0 Å². The zero-order valence-electron chi connectivity index (χ0n) is 17.7. The van der Waals surface area contributed by atoms with E-state index in [0.717, 1.165) is 23.3 Å². The Morgan fingerprint density at radius 3 is 2.61 bits per heavy atom. The summed E-state index contributed by atoms with van der Waals surface area (Å²) in [4.78, 5) is 40.7. The van der Waals surface area contributed by atoms with Crippen LogP contribution in [0.25, 0.3) is 6.08 Å². The van der Waals surface area contributed by atoms with Gasteiger partial charge in [0.15, 0.2) is 0 Å². The molecule has 5 amide bonds. The summed E-state index contributed by atoms with van der Waals surface area (Å²) in [5.41, 5.74) is 1.10. The van der Waals surface area contributed by atoms with E-state index in [9.17, 15) is 14.4 Å². The van der Waals surface area contributed by atoms with Gasteiger partial charge in [0.2, 0.25) is 0 Å². The van der Waals surface area contributed by atoms with E-state index in [2.05, 4.69) is 16.7 Å². The Hall–Kier alpha value is -3.61. The van der Waals surface area contributed by atoms with Crippen LogP contribution in [-0.4, -0.2) is 41.0 Å². The number of nitrogens with one attached hydrogen (secondary N) is 2. The van der Waals surface area contributed by atoms with Gasteiger partial charge < -0.3 is 15.5 Å². The lowest BCUT2D eigenvalue weighted by atomic mass is 10.1. The van der Waals surface area contributed by atoms with E-state index >= 15 is 0 Å². The summed E-state index contributed by atoms with van der Waals surface area (Å²) in [5.74, 6) is -0.327. The molecule has 7 nitrogen and oxygen atoms in total. The quantitative estimate of drug-likeness (QED) is 0.729. The van der Waals surface area contributed by atoms with Crippen molar-refractivity contribution in [3.63, 3.8) is 0 Å². The highest BCUT2D eigenvalue weighted by Gasteiger charge is 2.45. The zero-order valence-corrected chi connectivity index (χ0v) is 17.7. The molecule has 0 radical (unpaired) electrons. The first-order valence-electron chi connectivity index (χ1n) is 10.4. The molecule has 1 atom stereocenters. The molecule has 2 fully saturated rings. The number of carbonyl (C=O) groups is 3. The third-order valence-electron chi connectivity index (χ3n) is 5.59. The van der Waals surface area contributed by atoms with Gasteiger partial charge in [-0.15, -0.1) is 0 Å². The number of rotatable bonds is 4. The molecular formula is C24H26N4O3. The Morgan fingerprint density at radius 2 is 1.90 bits per heavy atom. The average Bonchev–Trinajstić information content (AvgIpc) is 3.29. The fourth-order valence-electron chi connectivity index (χ4n) is 3.93. The predicted octanol–water partition coefficient (Wildman–Crippen LogP) is 4.23. The van der Waals surface area contributed by atoms with Crippen molar-refractivity contribution in [1.29, 1.82) is 0 Å². The maximum atomic E-state index is 12.9. The minimum absolute atomic E-state index is 0.0233. The topological polar surface area (TPSA) is 81.8 Å². The van der Waals surface area contributed by atoms with Gasteiger partial charge in [-0.1, -0.05) is 48.6 Å². The van der Waals surface area contributed by atoms with Crippen molar-refractivity contribution >= 4 is 35.4 Å². The molecule has 2 aromatic carbocycles. The largest absolute Gasteiger partial charge is 0.329 e. The number of imide groups is 1. The summed E-state index contributed by atoms with van der Waals surface area (Å²) in [5, 5.41) is 5.57. The van der Waals surface area contributed by atoms with Crippen LogP contribution in [0.3, 0.4) is 0 Å². The van der Waals surface area contributed by atoms with Gasteiger partial charge in [-0.2, -0.15) is 0 Å². The van der Waals surface area contributed by atoms with E-state index < -0.39 is 11.6 Å². The molecule has 0 bridgehead atoms. The fraction of sp³-hybridized carbons (Fsp3) is 0.292. The van der Waals surface area contributed by atoms with Crippen LogP contribution in [0.15, 0.2) is 60.7 Å². The van der Waals surface area contributed by atoms with Crippen molar-refractivity contribution in [1.82, 2.24) is 10.2 Å². The number of hydrogen-bond acceptors (Lipinski definition) is 3. The molecule has 4 rings (SSSR count). The molecule has 2 aliphatic heterocycles. The molecule has 0 aromatic heterocycles. The van der Waals surface area contributed by atoms with Gasteiger partial charge in [-0.3, -0.25) is 4.79 Å². The van der Waals surface area contributed by atoms with E-state index in [0.29, 0.717) is 17.9 Å². The maximum absolute atomic E-state index is 12.9. The minimum atomic E-state index is -0.954. The maximum Gasteiger partial charge on any atom is 0.329 e. The molecular weight excluding hydrogens is 392 g/mol. The lowest BCUT2D eigenvalue weighted by molar-refractivity contribution is -0.121.